The highest BCUT2D eigenvalue weighted by molar-refractivity contribution is 5.94. The summed E-state index contributed by atoms with van der Waals surface area (Å²) in [6.45, 7) is 2.40. The summed E-state index contributed by atoms with van der Waals surface area (Å²) in [5.41, 5.74) is 2.13. The van der Waals surface area contributed by atoms with Gasteiger partial charge in [-0.1, -0.05) is 18.2 Å². The van der Waals surface area contributed by atoms with Crippen molar-refractivity contribution < 1.29 is 14.7 Å². The normalized spacial score (nSPS) is 17.1. The Bertz CT molecular complexity index is 487. The number of benzene rings is 1. The van der Waals surface area contributed by atoms with Gasteiger partial charge in [0.25, 0.3) is 0 Å². The van der Waals surface area contributed by atoms with Crippen molar-refractivity contribution in [2.45, 2.75) is 32.2 Å². The molecule has 1 unspecified atom stereocenters. The second-order valence-corrected chi connectivity index (χ2v) is 4.78. The summed E-state index contributed by atoms with van der Waals surface area (Å²) in [6.07, 6.45) is 1.39. The molecule has 2 rings (SSSR count). The minimum Gasteiger partial charge on any atom is -0.481 e. The van der Waals surface area contributed by atoms with Crippen molar-refractivity contribution in [3.05, 3.63) is 29.8 Å². The van der Waals surface area contributed by atoms with Gasteiger partial charge in [-0.05, 0) is 31.4 Å². The number of hydrogen-bond donors (Lipinski definition) is 2. The van der Waals surface area contributed by atoms with Crippen LogP contribution in [0.4, 0.5) is 10.5 Å². The van der Waals surface area contributed by atoms with Crippen LogP contribution in [0, 0.1) is 0 Å². The summed E-state index contributed by atoms with van der Waals surface area (Å²) >= 11 is 0. The number of urea groups is 1. The van der Waals surface area contributed by atoms with Crippen molar-refractivity contribution in [1.82, 2.24) is 5.32 Å². The Morgan fingerprint density at radius 3 is 2.89 bits per heavy atom. The maximum Gasteiger partial charge on any atom is 0.322 e. The third kappa shape index (κ3) is 3.05. The van der Waals surface area contributed by atoms with E-state index in [-0.39, 0.29) is 18.5 Å². The number of carbonyl (C=O) groups is 2. The molecule has 2 amide bonds. The molecule has 0 aliphatic carbocycles. The van der Waals surface area contributed by atoms with Crippen LogP contribution >= 0.6 is 0 Å². The fourth-order valence-corrected chi connectivity index (χ4v) is 2.40. The Kier molecular flexibility index (Phi) is 4.04. The minimum atomic E-state index is -0.839. The first kappa shape index (κ1) is 13.4. The number of aliphatic carboxylic acids is 1. The average molecular weight is 262 g/mol. The van der Waals surface area contributed by atoms with E-state index in [4.69, 9.17) is 5.11 Å². The number of nitrogens with one attached hydrogen (secondary N) is 1. The Hall–Kier alpha value is -2.04. The van der Waals surface area contributed by atoms with Gasteiger partial charge in [0, 0.05) is 24.7 Å². The molecule has 0 fully saturated rings. The van der Waals surface area contributed by atoms with E-state index >= 15 is 0 Å². The van der Waals surface area contributed by atoms with Crippen LogP contribution in [0.2, 0.25) is 0 Å². The maximum absolute atomic E-state index is 12.1. The first-order valence-electron chi connectivity index (χ1n) is 6.46. The lowest BCUT2D eigenvalue weighted by Crippen LogP contribution is -2.43. The molecule has 5 nitrogen and oxygen atoms in total. The van der Waals surface area contributed by atoms with Gasteiger partial charge in [-0.25, -0.2) is 4.79 Å². The van der Waals surface area contributed by atoms with Gasteiger partial charge in [0.05, 0.1) is 0 Å². The largest absolute Gasteiger partial charge is 0.481 e. The van der Waals surface area contributed by atoms with Gasteiger partial charge < -0.3 is 10.4 Å². The molecule has 1 aromatic carbocycles. The number of para-hydroxylation sites is 1. The molecule has 1 aromatic rings. The predicted octanol–water partition coefficient (Wildman–Crippen LogP) is 2.01. The number of hydrogen-bond acceptors (Lipinski definition) is 2. The Morgan fingerprint density at radius 2 is 2.16 bits per heavy atom. The number of carboxylic acid groups (broad SMARTS) is 1. The highest BCUT2D eigenvalue weighted by Crippen LogP contribution is 2.31. The van der Waals surface area contributed by atoms with Crippen molar-refractivity contribution in [3.8, 4) is 0 Å². The van der Waals surface area contributed by atoms with Crippen LogP contribution in [-0.2, 0) is 11.2 Å². The zero-order valence-electron chi connectivity index (χ0n) is 10.9. The molecule has 2 N–H and O–H groups in total. The summed E-state index contributed by atoms with van der Waals surface area (Å²) in [4.78, 5) is 24.3. The van der Waals surface area contributed by atoms with Crippen LogP contribution < -0.4 is 10.2 Å². The summed E-state index contributed by atoms with van der Waals surface area (Å²) in [5, 5.41) is 11.3. The van der Waals surface area contributed by atoms with E-state index in [0.717, 1.165) is 12.1 Å². The summed E-state index contributed by atoms with van der Waals surface area (Å²) in [7, 11) is 0. The molecule has 1 atom stereocenters. The zero-order valence-corrected chi connectivity index (χ0v) is 10.9. The van der Waals surface area contributed by atoms with Crippen molar-refractivity contribution in [2.24, 2.45) is 0 Å². The van der Waals surface area contributed by atoms with Crippen LogP contribution in [0.1, 0.15) is 25.3 Å². The van der Waals surface area contributed by atoms with Crippen LogP contribution in [-0.4, -0.2) is 29.7 Å². The van der Waals surface area contributed by atoms with Crippen molar-refractivity contribution in [2.75, 3.05) is 11.4 Å². The van der Waals surface area contributed by atoms with E-state index < -0.39 is 5.97 Å². The quantitative estimate of drug-likeness (QED) is 0.815. The molecule has 19 heavy (non-hydrogen) atoms. The number of carbonyl (C=O) groups excluding carboxylic acids is 1. The molecule has 1 aliphatic heterocycles. The number of fused-ring (bicyclic) bond motifs is 1. The molecule has 0 saturated carbocycles. The lowest BCUT2D eigenvalue weighted by atomic mass is 10.1. The minimum absolute atomic E-state index is 0.0758. The standard InChI is InChI=1S/C14H18N2O3/c1-10-9-11-5-2-3-6-12(11)16(10)14(19)15-8-4-7-13(17)18/h2-3,5-6,10H,4,7-9H2,1H3,(H,15,19)(H,17,18). The number of anilines is 1. The molecule has 5 heteroatoms. The Morgan fingerprint density at radius 1 is 1.42 bits per heavy atom. The molecule has 102 valence electrons. The van der Waals surface area contributed by atoms with Crippen LogP contribution in [0.5, 0.6) is 0 Å². The smallest absolute Gasteiger partial charge is 0.322 e. The molecule has 0 bridgehead atoms. The molecule has 1 aliphatic rings. The second kappa shape index (κ2) is 5.73. The lowest BCUT2D eigenvalue weighted by Gasteiger charge is -2.23. The monoisotopic (exact) mass is 262 g/mol. The third-order valence-electron chi connectivity index (χ3n) is 3.27. The molecule has 0 aromatic heterocycles. The summed E-state index contributed by atoms with van der Waals surface area (Å²) in [5.74, 6) is -0.839. The SMILES string of the molecule is CC1Cc2ccccc2N1C(=O)NCCCC(=O)O. The Labute approximate surface area is 112 Å². The lowest BCUT2D eigenvalue weighted by molar-refractivity contribution is -0.137. The number of carboxylic acids is 1. The molecular weight excluding hydrogens is 244 g/mol. The molecule has 0 spiro atoms. The predicted molar refractivity (Wildman–Crippen MR) is 72.4 cm³/mol. The van der Waals surface area contributed by atoms with E-state index in [1.807, 2.05) is 31.2 Å². The van der Waals surface area contributed by atoms with Gasteiger partial charge in [0.15, 0.2) is 0 Å². The van der Waals surface area contributed by atoms with Gasteiger partial charge in [-0.15, -0.1) is 0 Å². The van der Waals surface area contributed by atoms with E-state index in [2.05, 4.69) is 5.32 Å². The van der Waals surface area contributed by atoms with Crippen LogP contribution in [0.15, 0.2) is 24.3 Å². The molecule has 0 saturated heterocycles. The second-order valence-electron chi connectivity index (χ2n) is 4.78. The van der Waals surface area contributed by atoms with Gasteiger partial charge in [-0.2, -0.15) is 0 Å². The van der Waals surface area contributed by atoms with Crippen LogP contribution in [0.3, 0.4) is 0 Å². The number of amides is 2. The van der Waals surface area contributed by atoms with Crippen molar-refractivity contribution in [1.29, 1.82) is 0 Å². The fraction of sp³-hybridized carbons (Fsp3) is 0.429. The zero-order chi connectivity index (χ0) is 13.8. The molecule has 0 radical (unpaired) electrons. The first-order chi connectivity index (χ1) is 9.09. The maximum atomic E-state index is 12.1. The number of rotatable bonds is 4. The van der Waals surface area contributed by atoms with E-state index in [1.54, 1.807) is 4.90 Å². The first-order valence-corrected chi connectivity index (χ1v) is 6.46. The Balaban J connectivity index is 1.94. The topological polar surface area (TPSA) is 69.6 Å². The molecular formula is C14H18N2O3. The van der Waals surface area contributed by atoms with Gasteiger partial charge in [-0.3, -0.25) is 9.69 Å². The van der Waals surface area contributed by atoms with E-state index in [1.165, 1.54) is 5.56 Å². The summed E-state index contributed by atoms with van der Waals surface area (Å²) < 4.78 is 0. The van der Waals surface area contributed by atoms with Gasteiger partial charge in [0.2, 0.25) is 0 Å². The number of nitrogens with zero attached hydrogens (tertiary/aromatic N) is 1. The van der Waals surface area contributed by atoms with Gasteiger partial charge in [0.1, 0.15) is 0 Å². The third-order valence-corrected chi connectivity index (χ3v) is 3.27. The fourth-order valence-electron chi connectivity index (χ4n) is 2.40. The summed E-state index contributed by atoms with van der Waals surface area (Å²) in [6, 6.07) is 7.85. The average Bonchev–Trinajstić information content (AvgIpc) is 2.70. The van der Waals surface area contributed by atoms with Crippen LogP contribution in [0.25, 0.3) is 0 Å². The van der Waals surface area contributed by atoms with E-state index in [0.29, 0.717) is 13.0 Å². The van der Waals surface area contributed by atoms with E-state index in [9.17, 15) is 9.59 Å². The van der Waals surface area contributed by atoms with Crippen molar-refractivity contribution >= 4 is 17.7 Å². The van der Waals surface area contributed by atoms with Crippen molar-refractivity contribution in [3.63, 3.8) is 0 Å². The molecule has 1 heterocycles. The van der Waals surface area contributed by atoms with Gasteiger partial charge >= 0.3 is 12.0 Å². The highest BCUT2D eigenvalue weighted by atomic mass is 16.4. The highest BCUT2D eigenvalue weighted by Gasteiger charge is 2.30.